The van der Waals surface area contributed by atoms with Gasteiger partial charge in [-0.2, -0.15) is 0 Å². The van der Waals surface area contributed by atoms with Gasteiger partial charge < -0.3 is 5.32 Å². The molecule has 0 aliphatic rings. The lowest BCUT2D eigenvalue weighted by atomic mass is 10.1. The summed E-state index contributed by atoms with van der Waals surface area (Å²) in [4.78, 5) is 16.0. The third-order valence-electron chi connectivity index (χ3n) is 2.99. The Labute approximate surface area is 117 Å². The van der Waals surface area contributed by atoms with Crippen LogP contribution in [0.15, 0.2) is 36.7 Å². The summed E-state index contributed by atoms with van der Waals surface area (Å²) in [6.45, 7) is 4.14. The lowest BCUT2D eigenvalue weighted by Gasteiger charge is -2.09. The Morgan fingerprint density at radius 2 is 2.16 bits per heavy atom. The van der Waals surface area contributed by atoms with Gasteiger partial charge in [-0.15, -0.1) is 0 Å². The number of nitrogens with zero attached hydrogens (tertiary/aromatic N) is 1. The van der Waals surface area contributed by atoms with Gasteiger partial charge in [0.1, 0.15) is 0 Å². The molecule has 4 heteroatoms. The minimum absolute atomic E-state index is 0.248. The fourth-order valence-corrected chi connectivity index (χ4v) is 2.10. The molecular formula is C15H15ClN2O. The molecule has 0 saturated heterocycles. The molecule has 0 saturated carbocycles. The molecule has 98 valence electrons. The van der Waals surface area contributed by atoms with Gasteiger partial charge in [0.05, 0.1) is 10.6 Å². The quantitative estimate of drug-likeness (QED) is 0.923. The fourth-order valence-electron chi connectivity index (χ4n) is 1.91. The monoisotopic (exact) mass is 274 g/mol. The van der Waals surface area contributed by atoms with Crippen LogP contribution in [-0.2, 0) is 6.42 Å². The predicted molar refractivity (Wildman–Crippen MR) is 77.8 cm³/mol. The Kier molecular flexibility index (Phi) is 4.17. The highest BCUT2D eigenvalue weighted by molar-refractivity contribution is 6.34. The predicted octanol–water partition coefficient (Wildman–Crippen LogP) is 3.86. The molecule has 1 aromatic carbocycles. The summed E-state index contributed by atoms with van der Waals surface area (Å²) in [5, 5.41) is 3.23. The maximum absolute atomic E-state index is 12.1. The molecule has 2 aromatic rings. The van der Waals surface area contributed by atoms with Gasteiger partial charge in [-0.1, -0.05) is 24.6 Å². The van der Waals surface area contributed by atoms with E-state index >= 15 is 0 Å². The molecule has 0 spiro atoms. The first-order chi connectivity index (χ1) is 9.11. The largest absolute Gasteiger partial charge is 0.322 e. The van der Waals surface area contributed by atoms with Gasteiger partial charge >= 0.3 is 0 Å². The number of aromatic nitrogens is 1. The highest BCUT2D eigenvalue weighted by Gasteiger charge is 2.10. The summed E-state index contributed by atoms with van der Waals surface area (Å²) >= 11 is 5.96. The molecule has 1 aromatic heterocycles. The van der Waals surface area contributed by atoms with Gasteiger partial charge in [0.2, 0.25) is 0 Å². The Bertz CT molecular complexity index is 611. The first kappa shape index (κ1) is 13.6. The van der Waals surface area contributed by atoms with Crippen LogP contribution in [0.2, 0.25) is 5.02 Å². The molecule has 0 fully saturated rings. The van der Waals surface area contributed by atoms with Crippen molar-refractivity contribution in [3.8, 4) is 0 Å². The molecule has 0 atom stereocenters. The summed E-state index contributed by atoms with van der Waals surface area (Å²) in [7, 11) is 0. The van der Waals surface area contributed by atoms with Crippen LogP contribution in [0.1, 0.15) is 28.4 Å². The van der Waals surface area contributed by atoms with E-state index in [1.165, 1.54) is 11.8 Å². The van der Waals surface area contributed by atoms with E-state index in [9.17, 15) is 4.79 Å². The van der Waals surface area contributed by atoms with Crippen LogP contribution >= 0.6 is 11.6 Å². The zero-order chi connectivity index (χ0) is 13.8. The highest BCUT2D eigenvalue weighted by atomic mass is 35.5. The van der Waals surface area contributed by atoms with Crippen molar-refractivity contribution in [3.05, 3.63) is 58.4 Å². The number of benzene rings is 1. The summed E-state index contributed by atoms with van der Waals surface area (Å²) in [6.07, 6.45) is 4.00. The van der Waals surface area contributed by atoms with Gasteiger partial charge in [-0.25, -0.2) is 0 Å². The van der Waals surface area contributed by atoms with Crippen molar-refractivity contribution in [1.29, 1.82) is 0 Å². The van der Waals surface area contributed by atoms with Gasteiger partial charge in [0, 0.05) is 18.1 Å². The number of amides is 1. The maximum atomic E-state index is 12.1. The van der Waals surface area contributed by atoms with Crippen molar-refractivity contribution in [2.45, 2.75) is 20.3 Å². The maximum Gasteiger partial charge on any atom is 0.258 e. The van der Waals surface area contributed by atoms with Crippen LogP contribution < -0.4 is 5.32 Å². The van der Waals surface area contributed by atoms with E-state index in [0.717, 1.165) is 17.7 Å². The third-order valence-corrected chi connectivity index (χ3v) is 3.32. The van der Waals surface area contributed by atoms with Gasteiger partial charge in [-0.05, 0) is 42.7 Å². The number of pyridine rings is 1. The molecule has 0 radical (unpaired) electrons. The number of aryl methyl sites for hydroxylation is 2. The average Bonchev–Trinajstić information content (AvgIpc) is 2.39. The summed E-state index contributed by atoms with van der Waals surface area (Å²) < 4.78 is 0. The first-order valence-corrected chi connectivity index (χ1v) is 6.50. The number of nitrogens with one attached hydrogen (secondary N) is 1. The minimum atomic E-state index is -0.248. The zero-order valence-corrected chi connectivity index (χ0v) is 11.7. The van der Waals surface area contributed by atoms with Crippen LogP contribution in [0.5, 0.6) is 0 Å². The van der Waals surface area contributed by atoms with E-state index < -0.39 is 0 Å². The van der Waals surface area contributed by atoms with E-state index in [4.69, 9.17) is 11.6 Å². The number of anilines is 1. The number of halogens is 1. The molecule has 2 rings (SSSR count). The molecular weight excluding hydrogens is 260 g/mol. The SMILES string of the molecule is CCc1ccc(NC(=O)c2cnccc2Cl)cc1C. The van der Waals surface area contributed by atoms with Crippen molar-refractivity contribution in [3.63, 3.8) is 0 Å². The van der Waals surface area contributed by atoms with Crippen molar-refractivity contribution in [2.24, 2.45) is 0 Å². The van der Waals surface area contributed by atoms with Crippen LogP contribution in [0.4, 0.5) is 5.69 Å². The fraction of sp³-hybridized carbons (Fsp3) is 0.200. The number of hydrogen-bond acceptors (Lipinski definition) is 2. The van der Waals surface area contributed by atoms with Crippen LogP contribution in [-0.4, -0.2) is 10.9 Å². The second-order valence-electron chi connectivity index (χ2n) is 4.30. The molecule has 0 unspecified atom stereocenters. The molecule has 0 aliphatic carbocycles. The van der Waals surface area contributed by atoms with E-state index in [-0.39, 0.29) is 5.91 Å². The molecule has 1 amide bonds. The number of rotatable bonds is 3. The normalized spacial score (nSPS) is 10.3. The van der Waals surface area contributed by atoms with Crippen molar-refractivity contribution in [1.82, 2.24) is 4.98 Å². The van der Waals surface area contributed by atoms with E-state index in [1.54, 1.807) is 12.3 Å². The van der Waals surface area contributed by atoms with E-state index in [2.05, 4.69) is 17.2 Å². The van der Waals surface area contributed by atoms with Crippen LogP contribution in [0.3, 0.4) is 0 Å². The molecule has 19 heavy (non-hydrogen) atoms. The van der Waals surface area contributed by atoms with Gasteiger partial charge in [0.25, 0.3) is 5.91 Å². The third kappa shape index (κ3) is 3.12. The van der Waals surface area contributed by atoms with Crippen LogP contribution in [0, 0.1) is 6.92 Å². The molecule has 0 aliphatic heterocycles. The smallest absolute Gasteiger partial charge is 0.258 e. The summed E-state index contributed by atoms with van der Waals surface area (Å²) in [6, 6.07) is 7.48. The number of hydrogen-bond donors (Lipinski definition) is 1. The molecule has 3 nitrogen and oxygen atoms in total. The summed E-state index contributed by atoms with van der Waals surface area (Å²) in [5.74, 6) is -0.248. The minimum Gasteiger partial charge on any atom is -0.322 e. The van der Waals surface area contributed by atoms with Gasteiger partial charge in [-0.3, -0.25) is 9.78 Å². The molecule has 1 N–H and O–H groups in total. The van der Waals surface area contributed by atoms with E-state index in [1.807, 2.05) is 25.1 Å². The van der Waals surface area contributed by atoms with Crippen molar-refractivity contribution >= 4 is 23.2 Å². The highest BCUT2D eigenvalue weighted by Crippen LogP contribution is 2.18. The molecule has 0 bridgehead atoms. The standard InChI is InChI=1S/C15H15ClN2O/c1-3-11-4-5-12(8-10(11)2)18-15(19)13-9-17-7-6-14(13)16/h4-9H,3H2,1-2H3,(H,18,19). The second-order valence-corrected chi connectivity index (χ2v) is 4.71. The van der Waals surface area contributed by atoms with Crippen molar-refractivity contribution in [2.75, 3.05) is 5.32 Å². The first-order valence-electron chi connectivity index (χ1n) is 6.12. The lowest BCUT2D eigenvalue weighted by Crippen LogP contribution is -2.13. The lowest BCUT2D eigenvalue weighted by molar-refractivity contribution is 0.102. The summed E-state index contributed by atoms with van der Waals surface area (Å²) in [5.41, 5.74) is 3.58. The average molecular weight is 275 g/mol. The van der Waals surface area contributed by atoms with Crippen molar-refractivity contribution < 1.29 is 4.79 Å². The van der Waals surface area contributed by atoms with Gasteiger partial charge in [0.15, 0.2) is 0 Å². The zero-order valence-electron chi connectivity index (χ0n) is 10.9. The number of carbonyl (C=O) groups is 1. The topological polar surface area (TPSA) is 42.0 Å². The second kappa shape index (κ2) is 5.85. The Hall–Kier alpha value is -1.87. The van der Waals surface area contributed by atoms with E-state index in [0.29, 0.717) is 10.6 Å². The van der Waals surface area contributed by atoms with Crippen LogP contribution in [0.25, 0.3) is 0 Å². The Balaban J connectivity index is 2.20. The molecule has 1 heterocycles. The Morgan fingerprint density at radius 1 is 1.37 bits per heavy atom. The Morgan fingerprint density at radius 3 is 2.79 bits per heavy atom. The number of carbonyl (C=O) groups excluding carboxylic acids is 1.